The summed E-state index contributed by atoms with van der Waals surface area (Å²) in [6.07, 6.45) is 0. The van der Waals surface area contributed by atoms with Crippen molar-refractivity contribution in [3.8, 4) is 5.75 Å². The number of para-hydroxylation sites is 1. The van der Waals surface area contributed by atoms with Crippen molar-refractivity contribution in [1.82, 2.24) is 9.80 Å². The third kappa shape index (κ3) is 5.22. The van der Waals surface area contributed by atoms with Crippen LogP contribution >= 0.6 is 43.5 Å². The molecule has 0 unspecified atom stereocenters. The summed E-state index contributed by atoms with van der Waals surface area (Å²) in [7, 11) is 0. The fourth-order valence-corrected chi connectivity index (χ4v) is 4.20. The maximum Gasteiger partial charge on any atom is 0.260 e. The van der Waals surface area contributed by atoms with Crippen molar-refractivity contribution >= 4 is 49.4 Å². The molecule has 1 saturated heterocycles. The van der Waals surface area contributed by atoms with Crippen molar-refractivity contribution in [2.24, 2.45) is 0 Å². The molecule has 0 bridgehead atoms. The van der Waals surface area contributed by atoms with Crippen LogP contribution in [0.5, 0.6) is 5.75 Å². The fraction of sp³-hybridized carbons (Fsp3) is 0.316. The van der Waals surface area contributed by atoms with Gasteiger partial charge in [-0.1, -0.05) is 29.8 Å². The summed E-state index contributed by atoms with van der Waals surface area (Å²) >= 11 is 12.8. The van der Waals surface area contributed by atoms with E-state index >= 15 is 0 Å². The minimum absolute atomic E-state index is 0.0128. The molecular weight excluding hydrogens is 483 g/mol. The molecule has 1 fully saturated rings. The number of carbonyl (C=O) groups excluding carboxylic acids is 1. The van der Waals surface area contributed by atoms with Gasteiger partial charge in [0.25, 0.3) is 5.91 Å². The van der Waals surface area contributed by atoms with Crippen LogP contribution in [0.3, 0.4) is 0 Å². The number of amides is 1. The molecule has 1 aliphatic rings. The lowest BCUT2D eigenvalue weighted by Gasteiger charge is -2.34. The number of ether oxygens (including phenoxy) is 1. The van der Waals surface area contributed by atoms with Crippen LogP contribution in [0.1, 0.15) is 5.56 Å². The molecule has 0 spiro atoms. The molecule has 0 aliphatic carbocycles. The van der Waals surface area contributed by atoms with Gasteiger partial charge in [0, 0.05) is 37.7 Å². The Morgan fingerprint density at radius 3 is 2.23 bits per heavy atom. The number of hydrogen-bond acceptors (Lipinski definition) is 3. The van der Waals surface area contributed by atoms with Gasteiger partial charge in [-0.2, -0.15) is 0 Å². The third-order valence-corrected chi connectivity index (χ3v) is 5.80. The minimum atomic E-state index is 0.0128. The number of rotatable bonds is 5. The molecule has 7 heteroatoms. The van der Waals surface area contributed by atoms with Crippen LogP contribution < -0.4 is 4.74 Å². The topological polar surface area (TPSA) is 32.8 Å². The monoisotopic (exact) mass is 500 g/mol. The number of halogens is 3. The number of hydrogen-bond donors (Lipinski definition) is 0. The highest BCUT2D eigenvalue weighted by Gasteiger charge is 2.22. The highest BCUT2D eigenvalue weighted by atomic mass is 79.9. The van der Waals surface area contributed by atoms with Crippen LogP contribution in [0.15, 0.2) is 51.4 Å². The summed E-state index contributed by atoms with van der Waals surface area (Å²) in [6, 6.07) is 13.6. The van der Waals surface area contributed by atoms with Crippen molar-refractivity contribution in [1.29, 1.82) is 0 Å². The Bertz CT molecular complexity index is 742. The van der Waals surface area contributed by atoms with Gasteiger partial charge >= 0.3 is 0 Å². The Morgan fingerprint density at radius 2 is 1.62 bits per heavy atom. The standard InChI is InChI=1S/C19H19Br2ClN2O2/c20-16-2-1-3-17(21)19(16)26-13-18(25)24-10-8-23(9-11-24)12-14-4-6-15(22)7-5-14/h1-7H,8-13H2. The average Bonchev–Trinajstić information content (AvgIpc) is 2.64. The molecule has 2 aromatic carbocycles. The lowest BCUT2D eigenvalue weighted by atomic mass is 10.2. The van der Waals surface area contributed by atoms with Crippen LogP contribution in [0.25, 0.3) is 0 Å². The first kappa shape index (κ1) is 19.7. The molecule has 0 N–H and O–H groups in total. The molecule has 3 rings (SSSR count). The van der Waals surface area contributed by atoms with Crippen molar-refractivity contribution in [3.63, 3.8) is 0 Å². The van der Waals surface area contributed by atoms with Crippen molar-refractivity contribution in [3.05, 3.63) is 62.0 Å². The fourth-order valence-electron chi connectivity index (χ4n) is 2.85. The van der Waals surface area contributed by atoms with E-state index in [0.717, 1.165) is 33.6 Å². The summed E-state index contributed by atoms with van der Waals surface area (Å²) in [4.78, 5) is 16.6. The molecule has 0 aromatic heterocycles. The van der Waals surface area contributed by atoms with Crippen LogP contribution in [0, 0.1) is 0 Å². The van der Waals surface area contributed by atoms with E-state index in [9.17, 15) is 4.79 Å². The van der Waals surface area contributed by atoms with Gasteiger partial charge in [0.05, 0.1) is 8.95 Å². The molecule has 26 heavy (non-hydrogen) atoms. The molecule has 0 saturated carbocycles. The van der Waals surface area contributed by atoms with Gasteiger partial charge in [-0.15, -0.1) is 0 Å². The molecule has 0 atom stereocenters. The van der Waals surface area contributed by atoms with Crippen molar-refractivity contribution in [2.75, 3.05) is 32.8 Å². The van der Waals surface area contributed by atoms with E-state index in [4.69, 9.17) is 16.3 Å². The molecule has 138 valence electrons. The van der Waals surface area contributed by atoms with Crippen LogP contribution in [-0.4, -0.2) is 48.5 Å². The summed E-state index contributed by atoms with van der Waals surface area (Å²) in [5.41, 5.74) is 1.23. The first-order chi connectivity index (χ1) is 12.5. The van der Waals surface area contributed by atoms with E-state index in [-0.39, 0.29) is 12.5 Å². The van der Waals surface area contributed by atoms with E-state index in [1.54, 1.807) is 0 Å². The molecule has 0 radical (unpaired) electrons. The smallest absolute Gasteiger partial charge is 0.260 e. The van der Waals surface area contributed by atoms with Gasteiger partial charge in [-0.3, -0.25) is 9.69 Å². The molecule has 1 heterocycles. The summed E-state index contributed by atoms with van der Waals surface area (Å²) in [5.74, 6) is 0.668. The van der Waals surface area contributed by atoms with Gasteiger partial charge in [0.15, 0.2) is 6.61 Å². The second-order valence-electron chi connectivity index (χ2n) is 6.12. The zero-order valence-electron chi connectivity index (χ0n) is 14.1. The first-order valence-electron chi connectivity index (χ1n) is 8.34. The predicted octanol–water partition coefficient (Wildman–Crippen LogP) is 4.59. The Hall–Kier alpha value is -1.08. The Balaban J connectivity index is 1.47. The van der Waals surface area contributed by atoms with E-state index in [1.165, 1.54) is 5.56 Å². The molecule has 1 amide bonds. The number of benzene rings is 2. The number of piperazine rings is 1. The largest absolute Gasteiger partial charge is 0.481 e. The van der Waals surface area contributed by atoms with E-state index in [1.807, 2.05) is 47.4 Å². The average molecular weight is 503 g/mol. The third-order valence-electron chi connectivity index (χ3n) is 4.30. The van der Waals surface area contributed by atoms with E-state index < -0.39 is 0 Å². The summed E-state index contributed by atoms with van der Waals surface area (Å²) in [5, 5.41) is 0.751. The molecular formula is C19H19Br2ClN2O2. The number of carbonyl (C=O) groups is 1. The Kier molecular flexibility index (Phi) is 6.98. The van der Waals surface area contributed by atoms with Gasteiger partial charge < -0.3 is 9.64 Å². The van der Waals surface area contributed by atoms with Crippen LogP contribution in [-0.2, 0) is 11.3 Å². The minimum Gasteiger partial charge on any atom is -0.481 e. The molecule has 1 aliphatic heterocycles. The quantitative estimate of drug-likeness (QED) is 0.600. The number of nitrogens with zero attached hydrogens (tertiary/aromatic N) is 2. The van der Waals surface area contributed by atoms with Gasteiger partial charge in [0.2, 0.25) is 0 Å². The van der Waals surface area contributed by atoms with Gasteiger partial charge in [-0.25, -0.2) is 0 Å². The SMILES string of the molecule is O=C(COc1c(Br)cccc1Br)N1CCN(Cc2ccc(Cl)cc2)CC1. The van der Waals surface area contributed by atoms with Crippen LogP contribution in [0.4, 0.5) is 0 Å². The molecule has 4 nitrogen and oxygen atoms in total. The first-order valence-corrected chi connectivity index (χ1v) is 10.3. The second-order valence-corrected chi connectivity index (χ2v) is 8.27. The van der Waals surface area contributed by atoms with Crippen molar-refractivity contribution in [2.45, 2.75) is 6.54 Å². The summed E-state index contributed by atoms with van der Waals surface area (Å²) in [6.45, 7) is 4.05. The maximum absolute atomic E-state index is 12.4. The van der Waals surface area contributed by atoms with Crippen molar-refractivity contribution < 1.29 is 9.53 Å². The lowest BCUT2D eigenvalue weighted by molar-refractivity contribution is -0.135. The highest BCUT2D eigenvalue weighted by molar-refractivity contribution is 9.11. The Morgan fingerprint density at radius 1 is 1.00 bits per heavy atom. The maximum atomic E-state index is 12.4. The zero-order valence-corrected chi connectivity index (χ0v) is 18.1. The molecule has 2 aromatic rings. The predicted molar refractivity (Wildman–Crippen MR) is 111 cm³/mol. The second kappa shape index (κ2) is 9.22. The normalized spacial score (nSPS) is 15.1. The van der Waals surface area contributed by atoms with E-state index in [0.29, 0.717) is 18.8 Å². The van der Waals surface area contributed by atoms with Crippen LogP contribution in [0.2, 0.25) is 5.02 Å². The highest BCUT2D eigenvalue weighted by Crippen LogP contribution is 2.32. The lowest BCUT2D eigenvalue weighted by Crippen LogP contribution is -2.49. The zero-order chi connectivity index (χ0) is 18.5. The summed E-state index contributed by atoms with van der Waals surface area (Å²) < 4.78 is 7.36. The van der Waals surface area contributed by atoms with Gasteiger partial charge in [-0.05, 0) is 61.7 Å². The van der Waals surface area contributed by atoms with Gasteiger partial charge in [0.1, 0.15) is 5.75 Å². The Labute approximate surface area is 175 Å². The van der Waals surface area contributed by atoms with E-state index in [2.05, 4.69) is 36.8 Å².